The molecule has 2 aromatic heterocycles. The lowest BCUT2D eigenvalue weighted by atomic mass is 10.1. The van der Waals surface area contributed by atoms with Gasteiger partial charge >= 0.3 is 6.18 Å². The highest BCUT2D eigenvalue weighted by atomic mass is 32.1. The third-order valence-corrected chi connectivity index (χ3v) is 4.07. The van der Waals surface area contributed by atoms with Crippen LogP contribution in [0.4, 0.5) is 18.3 Å². The van der Waals surface area contributed by atoms with Gasteiger partial charge in [-0.2, -0.15) is 13.2 Å². The number of carbonyl (C=O) groups excluding carboxylic acids is 1. The number of halogens is 3. The number of anilines is 1. The average Bonchev–Trinajstić information content (AvgIpc) is 2.85. The van der Waals surface area contributed by atoms with E-state index in [-0.39, 0.29) is 5.91 Å². The molecular weight excluding hydrogens is 343 g/mol. The van der Waals surface area contributed by atoms with E-state index in [1.165, 1.54) is 18.3 Å². The number of hydrogen-bond donors (Lipinski definition) is 2. The Kier molecular flexibility index (Phi) is 3.88. The van der Waals surface area contributed by atoms with Gasteiger partial charge in [-0.1, -0.05) is 17.4 Å². The number of fused-ring (bicyclic) bond motifs is 1. The first-order valence-corrected chi connectivity index (χ1v) is 7.50. The number of amides is 1. The number of carbonyl (C=O) groups is 1. The third-order valence-electron chi connectivity index (χ3n) is 3.14. The molecule has 0 bridgehead atoms. The minimum absolute atomic E-state index is 0.244. The third kappa shape index (κ3) is 3.16. The van der Waals surface area contributed by atoms with Gasteiger partial charge in [-0.05, 0) is 23.8 Å². The van der Waals surface area contributed by atoms with Crippen molar-refractivity contribution in [2.75, 3.05) is 5.32 Å². The lowest BCUT2D eigenvalue weighted by molar-refractivity contribution is -0.142. The summed E-state index contributed by atoms with van der Waals surface area (Å²) in [6, 6.07) is 6.07. The second-order valence-corrected chi connectivity index (χ2v) is 6.00. The fourth-order valence-corrected chi connectivity index (χ4v) is 3.09. The average molecular weight is 353 g/mol. The van der Waals surface area contributed by atoms with Crippen molar-refractivity contribution in [3.8, 4) is 16.9 Å². The Hall–Kier alpha value is -2.68. The monoisotopic (exact) mass is 353 g/mol. The van der Waals surface area contributed by atoms with Crippen molar-refractivity contribution >= 4 is 32.6 Å². The Morgan fingerprint density at radius 1 is 1.25 bits per heavy atom. The summed E-state index contributed by atoms with van der Waals surface area (Å²) in [6.45, 7) is 1.37. The topological polar surface area (TPSA) is 75.1 Å². The van der Waals surface area contributed by atoms with Crippen molar-refractivity contribution < 1.29 is 23.1 Å². The summed E-state index contributed by atoms with van der Waals surface area (Å²) in [6.07, 6.45) is -3.66. The Morgan fingerprint density at radius 2 is 2.00 bits per heavy atom. The quantitative estimate of drug-likeness (QED) is 0.729. The zero-order valence-electron chi connectivity index (χ0n) is 12.2. The first-order chi connectivity index (χ1) is 11.2. The van der Waals surface area contributed by atoms with Crippen LogP contribution in [0.2, 0.25) is 0 Å². The van der Waals surface area contributed by atoms with Crippen LogP contribution in [0.15, 0.2) is 30.5 Å². The lowest BCUT2D eigenvalue weighted by Crippen LogP contribution is -2.08. The number of rotatable bonds is 2. The molecule has 0 spiro atoms. The maximum absolute atomic E-state index is 12.6. The van der Waals surface area contributed by atoms with Crippen LogP contribution in [0.3, 0.4) is 0 Å². The SMILES string of the molecule is CC(=O)Nc1nc2ccc(-c3cnc(C(F)(F)F)c(O)c3)cc2s1. The zero-order valence-corrected chi connectivity index (χ0v) is 13.0. The second kappa shape index (κ2) is 5.75. The second-order valence-electron chi connectivity index (χ2n) is 4.97. The van der Waals surface area contributed by atoms with Crippen molar-refractivity contribution in [1.29, 1.82) is 0 Å². The number of aromatic hydroxyl groups is 1. The normalized spacial score (nSPS) is 11.7. The number of alkyl halides is 3. The molecule has 1 aromatic carbocycles. The van der Waals surface area contributed by atoms with Crippen molar-refractivity contribution in [1.82, 2.24) is 9.97 Å². The molecule has 24 heavy (non-hydrogen) atoms. The Labute approximate surface area is 137 Å². The van der Waals surface area contributed by atoms with Gasteiger partial charge in [0.1, 0.15) is 5.75 Å². The summed E-state index contributed by atoms with van der Waals surface area (Å²) in [4.78, 5) is 18.6. The molecule has 2 heterocycles. The molecule has 3 aromatic rings. The number of thiazole rings is 1. The van der Waals surface area contributed by atoms with Gasteiger partial charge in [0.05, 0.1) is 10.2 Å². The number of aromatic nitrogens is 2. The maximum atomic E-state index is 12.6. The highest BCUT2D eigenvalue weighted by molar-refractivity contribution is 7.22. The van der Waals surface area contributed by atoms with E-state index >= 15 is 0 Å². The zero-order chi connectivity index (χ0) is 17.5. The van der Waals surface area contributed by atoms with Gasteiger partial charge < -0.3 is 10.4 Å². The molecule has 0 unspecified atom stereocenters. The van der Waals surface area contributed by atoms with Crippen molar-refractivity contribution in [3.05, 3.63) is 36.2 Å². The molecule has 0 fully saturated rings. The molecule has 1 amide bonds. The van der Waals surface area contributed by atoms with Crippen molar-refractivity contribution in [2.45, 2.75) is 13.1 Å². The number of nitrogens with zero attached hydrogens (tertiary/aromatic N) is 2. The molecule has 0 saturated heterocycles. The van der Waals surface area contributed by atoms with Crippen LogP contribution in [-0.2, 0) is 11.0 Å². The molecule has 2 N–H and O–H groups in total. The smallest absolute Gasteiger partial charge is 0.437 e. The van der Waals surface area contributed by atoms with Crippen LogP contribution in [0.1, 0.15) is 12.6 Å². The minimum atomic E-state index is -4.71. The Morgan fingerprint density at radius 3 is 2.62 bits per heavy atom. The molecule has 0 aliphatic carbocycles. The van der Waals surface area contributed by atoms with Crippen molar-refractivity contribution in [2.24, 2.45) is 0 Å². The first kappa shape index (κ1) is 16.2. The Bertz CT molecular complexity index is 937. The van der Waals surface area contributed by atoms with Gasteiger partial charge in [0.15, 0.2) is 10.8 Å². The van der Waals surface area contributed by atoms with E-state index in [4.69, 9.17) is 0 Å². The van der Waals surface area contributed by atoms with Crippen LogP contribution < -0.4 is 5.32 Å². The summed E-state index contributed by atoms with van der Waals surface area (Å²) in [5.41, 5.74) is 0.253. The number of benzene rings is 1. The fraction of sp³-hybridized carbons (Fsp3) is 0.133. The van der Waals surface area contributed by atoms with E-state index < -0.39 is 17.6 Å². The van der Waals surface area contributed by atoms with E-state index in [2.05, 4.69) is 15.3 Å². The summed E-state index contributed by atoms with van der Waals surface area (Å²) >= 11 is 1.24. The predicted octanol–water partition coefficient (Wildman–Crippen LogP) is 4.04. The highest BCUT2D eigenvalue weighted by Crippen LogP contribution is 2.37. The molecule has 0 saturated carbocycles. The van der Waals surface area contributed by atoms with Gasteiger partial charge in [-0.15, -0.1) is 0 Å². The number of nitrogens with one attached hydrogen (secondary N) is 1. The number of hydrogen-bond acceptors (Lipinski definition) is 5. The molecule has 9 heteroatoms. The van der Waals surface area contributed by atoms with E-state index in [1.807, 2.05) is 0 Å². The van der Waals surface area contributed by atoms with Crippen LogP contribution in [0.5, 0.6) is 5.75 Å². The summed E-state index contributed by atoms with van der Waals surface area (Å²) in [5.74, 6) is -1.17. The maximum Gasteiger partial charge on any atom is 0.437 e. The highest BCUT2D eigenvalue weighted by Gasteiger charge is 2.35. The largest absolute Gasteiger partial charge is 0.506 e. The van der Waals surface area contributed by atoms with E-state index in [1.54, 1.807) is 18.2 Å². The molecule has 0 radical (unpaired) electrons. The van der Waals surface area contributed by atoms with E-state index in [0.717, 1.165) is 17.0 Å². The standard InChI is InChI=1S/C15H10F3N3O2S/c1-7(22)20-14-21-10-3-2-8(5-12(10)24-14)9-4-11(23)13(19-6-9)15(16,17)18/h2-6,23H,1H3,(H,20,21,22). The lowest BCUT2D eigenvalue weighted by Gasteiger charge is -2.09. The van der Waals surface area contributed by atoms with Gasteiger partial charge in [-0.25, -0.2) is 9.97 Å². The van der Waals surface area contributed by atoms with Crippen LogP contribution >= 0.6 is 11.3 Å². The van der Waals surface area contributed by atoms with Crippen molar-refractivity contribution in [3.63, 3.8) is 0 Å². The molecule has 3 rings (SSSR count). The molecule has 0 aliphatic heterocycles. The molecule has 124 valence electrons. The molecule has 5 nitrogen and oxygen atoms in total. The van der Waals surface area contributed by atoms with Crippen LogP contribution in [-0.4, -0.2) is 21.0 Å². The summed E-state index contributed by atoms with van der Waals surface area (Å²) in [5, 5.41) is 12.6. The van der Waals surface area contributed by atoms with Gasteiger partial charge in [0.2, 0.25) is 5.91 Å². The molecule has 0 aliphatic rings. The summed E-state index contributed by atoms with van der Waals surface area (Å²) in [7, 11) is 0. The van der Waals surface area contributed by atoms with Crippen LogP contribution in [0.25, 0.3) is 21.3 Å². The summed E-state index contributed by atoms with van der Waals surface area (Å²) < 4.78 is 38.6. The van der Waals surface area contributed by atoms with Gasteiger partial charge in [-0.3, -0.25) is 4.79 Å². The van der Waals surface area contributed by atoms with Crippen LogP contribution in [0, 0.1) is 0 Å². The fourth-order valence-electron chi connectivity index (χ4n) is 2.14. The van der Waals surface area contributed by atoms with Gasteiger partial charge in [0.25, 0.3) is 0 Å². The van der Waals surface area contributed by atoms with E-state index in [0.29, 0.717) is 21.8 Å². The molecule has 0 atom stereocenters. The van der Waals surface area contributed by atoms with Gasteiger partial charge in [0, 0.05) is 18.7 Å². The minimum Gasteiger partial charge on any atom is -0.506 e. The number of pyridine rings is 1. The van der Waals surface area contributed by atoms with E-state index in [9.17, 15) is 23.1 Å². The Balaban J connectivity index is 2.00. The molecular formula is C15H10F3N3O2S. The first-order valence-electron chi connectivity index (χ1n) is 6.69. The predicted molar refractivity (Wildman–Crippen MR) is 83.8 cm³/mol.